The molecule has 13 heteroatoms. The van der Waals surface area contributed by atoms with Crippen molar-refractivity contribution in [1.82, 2.24) is 0 Å². The lowest BCUT2D eigenvalue weighted by Gasteiger charge is -2.45. The van der Waals surface area contributed by atoms with Crippen molar-refractivity contribution in [1.29, 1.82) is 0 Å². The van der Waals surface area contributed by atoms with E-state index in [2.05, 4.69) is 26.9 Å². The van der Waals surface area contributed by atoms with Crippen LogP contribution in [-0.2, 0) is 25.6 Å². The first kappa shape index (κ1) is 38.0. The summed E-state index contributed by atoms with van der Waals surface area (Å²) in [4.78, 5) is 23.5. The van der Waals surface area contributed by atoms with Crippen molar-refractivity contribution in [3.8, 4) is 0 Å². The largest absolute Gasteiger partial charge is 0.659 e. The second kappa shape index (κ2) is 17.9. The fourth-order valence-electron chi connectivity index (χ4n) is 4.90. The summed E-state index contributed by atoms with van der Waals surface area (Å²) in [7, 11) is -11.7. The van der Waals surface area contributed by atoms with Gasteiger partial charge >= 0.3 is 26.4 Å². The van der Waals surface area contributed by atoms with E-state index in [4.69, 9.17) is 25.6 Å². The first-order valence-electron chi connectivity index (χ1n) is 15.0. The van der Waals surface area contributed by atoms with Gasteiger partial charge in [-0.1, -0.05) is 108 Å². The zero-order valence-electron chi connectivity index (χ0n) is 26.7. The maximum atomic E-state index is 12.1. The molecule has 0 fully saturated rings. The molecule has 8 nitrogen and oxygen atoms in total. The monoisotopic (exact) mass is 650 g/mol. The Morgan fingerprint density at radius 1 is 0.600 bits per heavy atom. The van der Waals surface area contributed by atoms with Gasteiger partial charge in [-0.25, -0.2) is 0 Å². The first-order chi connectivity index (χ1) is 18.8. The van der Waals surface area contributed by atoms with Crippen LogP contribution in [0.2, 0.25) is 38.3 Å². The predicted molar refractivity (Wildman–Crippen MR) is 174 cm³/mol. The Bertz CT molecular complexity index is 815. The molecule has 0 aromatic heterocycles. The second-order valence-corrected chi connectivity index (χ2v) is 33.2. The predicted octanol–water partition coefficient (Wildman–Crippen LogP) is 6.11. The Kier molecular flexibility index (Phi) is 17.1. The van der Waals surface area contributed by atoms with E-state index in [0.717, 1.165) is 44.2 Å². The molecule has 2 N–H and O–H groups in total. The van der Waals surface area contributed by atoms with Gasteiger partial charge in [-0.15, -0.1) is 0 Å². The Morgan fingerprint density at radius 3 is 1.62 bits per heavy atom. The molecule has 234 valence electrons. The fourth-order valence-corrected chi connectivity index (χ4v) is 28.0. The van der Waals surface area contributed by atoms with Crippen LogP contribution in [0.4, 0.5) is 0 Å². The number of unbranched alkanes of at least 4 members (excludes halogenated alkanes) is 8. The van der Waals surface area contributed by atoms with Crippen molar-refractivity contribution in [2.24, 2.45) is 0 Å². The zero-order valence-corrected chi connectivity index (χ0v) is 31.7. The Labute approximate surface area is 249 Å². The number of rotatable bonds is 23. The highest BCUT2D eigenvalue weighted by Gasteiger charge is 2.61. The van der Waals surface area contributed by atoms with Gasteiger partial charge in [0, 0.05) is 26.5 Å². The van der Waals surface area contributed by atoms with Gasteiger partial charge in [0.1, 0.15) is 0 Å². The highest BCUT2D eigenvalue weighted by molar-refractivity contribution is 7.37. The highest BCUT2D eigenvalue weighted by Crippen LogP contribution is 2.35. The maximum Gasteiger partial charge on any atom is 0.659 e. The normalized spacial score (nSPS) is 17.3. The van der Waals surface area contributed by atoms with Crippen LogP contribution in [0, 0.1) is 0 Å². The first-order valence-corrected chi connectivity index (χ1v) is 27.5. The number of hydrogen-bond acceptors (Lipinski definition) is 8. The van der Waals surface area contributed by atoms with Crippen LogP contribution in [0.15, 0.2) is 30.3 Å². The lowest BCUT2D eigenvalue weighted by molar-refractivity contribution is 0.0641. The third kappa shape index (κ3) is 11.9. The van der Waals surface area contributed by atoms with E-state index in [0.29, 0.717) is 5.19 Å². The summed E-state index contributed by atoms with van der Waals surface area (Å²) in [5.41, 5.74) is 0. The van der Waals surface area contributed by atoms with Gasteiger partial charge in [0.25, 0.3) is 0 Å². The lowest BCUT2D eigenvalue weighted by Crippen LogP contribution is -2.70. The van der Waals surface area contributed by atoms with Crippen molar-refractivity contribution in [2.75, 3.05) is 21.3 Å². The quantitative estimate of drug-likeness (QED) is 0.108. The second-order valence-electron chi connectivity index (χ2n) is 11.6. The highest BCUT2D eigenvalue weighted by atomic mass is 29.3. The van der Waals surface area contributed by atoms with Gasteiger partial charge in [-0.05, 0) is 38.3 Å². The molecule has 0 saturated heterocycles. The van der Waals surface area contributed by atoms with Gasteiger partial charge in [0.2, 0.25) is 15.7 Å². The molecule has 3 unspecified atom stereocenters. The van der Waals surface area contributed by atoms with E-state index in [1.807, 2.05) is 31.3 Å². The summed E-state index contributed by atoms with van der Waals surface area (Å²) >= 11 is 0. The third-order valence-corrected chi connectivity index (χ3v) is 33.3. The zero-order chi connectivity index (χ0) is 30.3. The summed E-state index contributed by atoms with van der Waals surface area (Å²) < 4.78 is 37.2. The van der Waals surface area contributed by atoms with E-state index in [-0.39, 0.29) is 0 Å². The van der Waals surface area contributed by atoms with E-state index in [1.54, 1.807) is 12.1 Å². The van der Waals surface area contributed by atoms with E-state index >= 15 is 0 Å². The smallest absolute Gasteiger partial charge is 0.432 e. The Morgan fingerprint density at radius 2 is 1.10 bits per heavy atom. The van der Waals surface area contributed by atoms with Gasteiger partial charge < -0.3 is 35.2 Å². The van der Waals surface area contributed by atoms with Crippen molar-refractivity contribution in [3.05, 3.63) is 30.3 Å². The molecule has 3 atom stereocenters. The molecule has 0 spiro atoms. The van der Waals surface area contributed by atoms with Gasteiger partial charge in [-0.2, -0.15) is 0 Å². The number of benzene rings is 1. The van der Waals surface area contributed by atoms with Crippen molar-refractivity contribution in [3.63, 3.8) is 0 Å². The molecule has 0 aliphatic carbocycles. The molecule has 0 radical (unpaired) electrons. The Balaban J connectivity index is 3.22. The minimum absolute atomic E-state index is 0.592. The van der Waals surface area contributed by atoms with Crippen LogP contribution in [0.5, 0.6) is 0 Å². The minimum atomic E-state index is -3.76. The molecule has 0 saturated carbocycles. The van der Waals surface area contributed by atoms with E-state index < -0.39 is 42.1 Å². The molecule has 0 amide bonds. The van der Waals surface area contributed by atoms with E-state index in [1.165, 1.54) is 53.4 Å². The summed E-state index contributed by atoms with van der Waals surface area (Å²) in [5.74, 6) is 0. The minimum Gasteiger partial charge on any atom is -0.432 e. The average Bonchev–Trinajstić information content (AvgIpc) is 2.92. The molecule has 40 heavy (non-hydrogen) atoms. The standard InChI is InChI=1S/C27H58O8Si5/c1-10-12-14-16-17-22-26-38(9,37(8,28)25-21-15-13-11-2)35-40(31-4,32-5)34-36(6,7)33-39(29,30-3)27-23-19-18-20-24-27/h18-20,23-24,28-29H,10-17,21-22,25-26H2,1-9H3. The maximum absolute atomic E-state index is 12.1. The summed E-state index contributed by atoms with van der Waals surface area (Å²) in [6.07, 6.45) is 11.5. The fraction of sp³-hybridized carbons (Fsp3) is 0.778. The van der Waals surface area contributed by atoms with Crippen LogP contribution in [0.1, 0.15) is 78.1 Å². The van der Waals surface area contributed by atoms with Gasteiger partial charge in [0.05, 0.1) is 0 Å². The average molecular weight is 651 g/mol. The van der Waals surface area contributed by atoms with Gasteiger partial charge in [0.15, 0.2) is 0 Å². The Hall–Kier alpha value is -0.0156. The molecular weight excluding hydrogens is 593 g/mol. The van der Waals surface area contributed by atoms with Crippen LogP contribution in [0.3, 0.4) is 0 Å². The summed E-state index contributed by atoms with van der Waals surface area (Å²) in [6.45, 7) is 12.3. The molecule has 1 aromatic rings. The van der Waals surface area contributed by atoms with Crippen LogP contribution in [0.25, 0.3) is 0 Å². The molecule has 0 aliphatic rings. The third-order valence-electron chi connectivity index (χ3n) is 7.68. The van der Waals surface area contributed by atoms with Crippen LogP contribution in [-0.4, -0.2) is 73.0 Å². The van der Waals surface area contributed by atoms with Crippen molar-refractivity contribution < 1.29 is 35.2 Å². The molecule has 0 bridgehead atoms. The molecule has 1 rings (SSSR count). The molecule has 0 aliphatic heterocycles. The summed E-state index contributed by atoms with van der Waals surface area (Å²) in [5, 5.41) is 0.592. The lowest BCUT2D eigenvalue weighted by atomic mass is 10.1. The van der Waals surface area contributed by atoms with Crippen molar-refractivity contribution >= 4 is 47.3 Å². The van der Waals surface area contributed by atoms with Gasteiger partial charge in [-0.3, -0.25) is 0 Å². The van der Waals surface area contributed by atoms with Crippen LogP contribution < -0.4 is 5.19 Å². The SMILES string of the molecule is CCCCCCCC[Si](C)(O[Si](OC)(OC)O[Si](C)(C)O[Si](O)(OC)c1ccccc1)[Si](C)(O)CCCCCC. The topological polar surface area (TPSA) is 95.8 Å². The molecule has 1 aromatic carbocycles. The van der Waals surface area contributed by atoms with Crippen molar-refractivity contribution in [2.45, 2.75) is 116 Å². The molecule has 0 heterocycles. The number of hydrogen-bond donors (Lipinski definition) is 2. The van der Waals surface area contributed by atoms with E-state index in [9.17, 15) is 9.59 Å². The van der Waals surface area contributed by atoms with Crippen LogP contribution >= 0.6 is 0 Å². The molecular formula is C27H58O8Si5. The summed E-state index contributed by atoms with van der Waals surface area (Å²) in [6, 6.07) is 10.8.